The molecular formula is C46H52ClF2N11O5. The van der Waals surface area contributed by atoms with Crippen LogP contribution < -0.4 is 36.0 Å². The van der Waals surface area contributed by atoms with Crippen LogP contribution in [0.1, 0.15) is 63.0 Å². The highest BCUT2D eigenvalue weighted by Crippen LogP contribution is 2.46. The second-order valence-corrected chi connectivity index (χ2v) is 19.0. The average molecular weight is 912 g/mol. The smallest absolute Gasteiger partial charge is 0.301 e. The molecule has 0 radical (unpaired) electrons. The minimum absolute atomic E-state index is 0.107. The number of piperidine rings is 2. The molecule has 342 valence electrons. The van der Waals surface area contributed by atoms with Crippen molar-refractivity contribution in [2.75, 3.05) is 66.3 Å². The zero-order valence-electron chi connectivity index (χ0n) is 36.4. The van der Waals surface area contributed by atoms with Gasteiger partial charge in [0.25, 0.3) is 5.56 Å². The van der Waals surface area contributed by atoms with E-state index in [1.54, 1.807) is 31.4 Å². The Morgan fingerprint density at radius 2 is 1.68 bits per heavy atom. The highest BCUT2D eigenvalue weighted by molar-refractivity contribution is 6.33. The molecule has 11 rings (SSSR count). The molecule has 19 heteroatoms. The normalized spacial score (nSPS) is 25.1. The molecule has 2 amide bonds. The Kier molecular flexibility index (Phi) is 10.6. The topological polar surface area (TPSA) is 164 Å². The highest BCUT2D eigenvalue weighted by Gasteiger charge is 2.51. The minimum atomic E-state index is -3.13. The van der Waals surface area contributed by atoms with Gasteiger partial charge in [-0.2, -0.15) is 10.1 Å². The van der Waals surface area contributed by atoms with Crippen LogP contribution in [0, 0.1) is 5.92 Å². The zero-order chi connectivity index (χ0) is 44.7. The Hall–Kier alpha value is -5.59. The predicted octanol–water partition coefficient (Wildman–Crippen LogP) is 5.69. The molecule has 0 bridgehead atoms. The highest BCUT2D eigenvalue weighted by atomic mass is 35.5. The van der Waals surface area contributed by atoms with Crippen LogP contribution in [-0.4, -0.2) is 117 Å². The van der Waals surface area contributed by atoms with E-state index in [1.165, 1.54) is 4.57 Å². The van der Waals surface area contributed by atoms with Crippen molar-refractivity contribution in [3.05, 3.63) is 63.7 Å². The van der Waals surface area contributed by atoms with Crippen molar-refractivity contribution in [3.8, 4) is 5.75 Å². The number of alkyl halides is 2. The van der Waals surface area contributed by atoms with Crippen molar-refractivity contribution in [2.45, 2.75) is 87.5 Å². The number of piperazine rings is 1. The number of benzene rings is 2. The van der Waals surface area contributed by atoms with Crippen molar-refractivity contribution in [1.29, 1.82) is 0 Å². The summed E-state index contributed by atoms with van der Waals surface area (Å²) < 4.78 is 45.7. The van der Waals surface area contributed by atoms with Gasteiger partial charge in [-0.1, -0.05) is 11.6 Å². The number of hydrogen-bond donors (Lipinski definition) is 3. The minimum Gasteiger partial charge on any atom is -0.480 e. The van der Waals surface area contributed by atoms with Gasteiger partial charge in [0.05, 0.1) is 52.8 Å². The number of ether oxygens (including phenoxy) is 2. The van der Waals surface area contributed by atoms with Gasteiger partial charge >= 0.3 is 5.92 Å². The zero-order valence-corrected chi connectivity index (χ0v) is 37.1. The molecule has 5 aromatic rings. The Labute approximate surface area is 378 Å². The van der Waals surface area contributed by atoms with Crippen LogP contribution >= 0.6 is 11.6 Å². The second kappa shape index (κ2) is 16.4. The number of rotatable bonds is 9. The van der Waals surface area contributed by atoms with E-state index >= 15 is 8.78 Å². The lowest BCUT2D eigenvalue weighted by Gasteiger charge is -2.47. The number of pyridine rings is 1. The number of aromatic nitrogens is 5. The maximum atomic E-state index is 15.2. The number of hydrogen-bond acceptors (Lipinski definition) is 13. The van der Waals surface area contributed by atoms with E-state index in [1.807, 2.05) is 11.7 Å². The fourth-order valence-corrected chi connectivity index (χ4v) is 10.6. The number of carbonyl (C=O) groups excluding carboxylic acids is 2. The van der Waals surface area contributed by atoms with Crippen LogP contribution in [0.2, 0.25) is 5.02 Å². The summed E-state index contributed by atoms with van der Waals surface area (Å²) in [5.74, 6) is -3.37. The van der Waals surface area contributed by atoms with Gasteiger partial charge in [0.15, 0.2) is 12.4 Å². The Morgan fingerprint density at radius 1 is 0.892 bits per heavy atom. The van der Waals surface area contributed by atoms with E-state index in [2.05, 4.69) is 53.8 Å². The van der Waals surface area contributed by atoms with Crippen molar-refractivity contribution in [1.82, 2.24) is 34.5 Å². The fourth-order valence-electron chi connectivity index (χ4n) is 10.5. The third-order valence-electron chi connectivity index (χ3n) is 14.4. The molecule has 3 N–H and O–H groups in total. The van der Waals surface area contributed by atoms with Crippen LogP contribution in [0.5, 0.6) is 5.75 Å². The second-order valence-electron chi connectivity index (χ2n) is 18.6. The van der Waals surface area contributed by atoms with Gasteiger partial charge < -0.3 is 34.5 Å². The molecule has 3 aromatic heterocycles. The third-order valence-corrected chi connectivity index (χ3v) is 14.7. The van der Waals surface area contributed by atoms with Gasteiger partial charge in [-0.15, -0.1) is 0 Å². The molecule has 0 spiro atoms. The SMILES string of the molecule is Cn1nc(C2CCC(=O)NC2=O)c2ccc(N3CCN(C4CC(OC5CCN(c6ncc(Cl)c(Nc7ccc8c(c7)c7c(c(=O)n8C)OCC(F)(F)C(C8CC8)N7)n6)CC5)C4)CC3)cc21. The van der Waals surface area contributed by atoms with Crippen molar-refractivity contribution < 1.29 is 27.8 Å². The molecule has 2 aliphatic carbocycles. The first-order chi connectivity index (χ1) is 31.4. The summed E-state index contributed by atoms with van der Waals surface area (Å²) in [6.07, 6.45) is 7.98. The number of nitrogens with one attached hydrogen (secondary N) is 3. The number of halogens is 3. The van der Waals surface area contributed by atoms with Crippen LogP contribution in [0.15, 0.2) is 47.4 Å². The summed E-state index contributed by atoms with van der Waals surface area (Å²) in [5.41, 5.74) is 3.86. The van der Waals surface area contributed by atoms with E-state index in [4.69, 9.17) is 31.2 Å². The van der Waals surface area contributed by atoms with Crippen LogP contribution in [0.25, 0.3) is 21.8 Å². The number of aryl methyl sites for hydroxylation is 2. The number of fused-ring (bicyclic) bond motifs is 4. The largest absolute Gasteiger partial charge is 0.480 e. The summed E-state index contributed by atoms with van der Waals surface area (Å²) in [6, 6.07) is 11.1. The van der Waals surface area contributed by atoms with E-state index in [0.717, 1.165) is 87.2 Å². The number of amides is 2. The quantitative estimate of drug-likeness (QED) is 0.155. The standard InChI is InChI=1S/C46H52ClF2N11O5/c1-56-35-9-5-26(19-33(35)39-40(44(56)63)64-24-46(48,49)41(53-39)25-3-4-25)51-42-34(47)23-50-45(54-42)60-13-11-29(12-14-60)65-30-20-28(21-30)59-17-15-58(16-18-59)27-6-7-31-36(22-27)57(2)55-38(31)32-8-10-37(61)52-43(32)62/h5-7,9,19,22-23,25,28-30,32,41,53H,3-4,8,10-18,20-21,24H2,1-2H3,(H,50,51,54)(H,52,61,62). The molecule has 2 atom stereocenters. The molecule has 5 fully saturated rings. The van der Waals surface area contributed by atoms with E-state index in [9.17, 15) is 14.4 Å². The number of anilines is 5. The molecule has 16 nitrogen and oxygen atoms in total. The Bertz CT molecular complexity index is 2760. The van der Waals surface area contributed by atoms with Crippen LogP contribution in [0.3, 0.4) is 0 Å². The molecule has 3 saturated heterocycles. The van der Waals surface area contributed by atoms with E-state index in [-0.39, 0.29) is 41.4 Å². The van der Waals surface area contributed by atoms with Crippen LogP contribution in [0.4, 0.5) is 37.6 Å². The van der Waals surface area contributed by atoms with Gasteiger partial charge in [0.1, 0.15) is 5.02 Å². The fraction of sp³-hybridized carbons (Fsp3) is 0.522. The molecule has 2 aromatic carbocycles. The first-order valence-electron chi connectivity index (χ1n) is 22.8. The van der Waals surface area contributed by atoms with E-state index in [0.29, 0.717) is 65.1 Å². The summed E-state index contributed by atoms with van der Waals surface area (Å²) in [4.78, 5) is 54.1. The van der Waals surface area contributed by atoms with Crippen molar-refractivity contribution in [3.63, 3.8) is 0 Å². The number of imide groups is 1. The number of nitrogens with zero attached hydrogens (tertiary/aromatic N) is 8. The lowest BCUT2D eigenvalue weighted by Crippen LogP contribution is -2.56. The maximum absolute atomic E-state index is 15.2. The molecule has 4 aliphatic heterocycles. The predicted molar refractivity (Wildman–Crippen MR) is 243 cm³/mol. The summed E-state index contributed by atoms with van der Waals surface area (Å²) in [6.45, 7) is 4.44. The molecular weight excluding hydrogens is 860 g/mol. The maximum Gasteiger partial charge on any atom is 0.301 e. The van der Waals surface area contributed by atoms with Crippen LogP contribution in [-0.2, 0) is 28.4 Å². The molecule has 65 heavy (non-hydrogen) atoms. The van der Waals surface area contributed by atoms with Crippen molar-refractivity contribution in [2.24, 2.45) is 20.0 Å². The first kappa shape index (κ1) is 42.1. The summed E-state index contributed by atoms with van der Waals surface area (Å²) in [7, 11) is 3.51. The molecule has 2 saturated carbocycles. The van der Waals surface area contributed by atoms with Gasteiger partial charge in [-0.25, -0.2) is 13.8 Å². The average Bonchev–Trinajstić information content (AvgIpc) is 4.09. The Balaban J connectivity index is 0.673. The van der Waals surface area contributed by atoms with Crippen molar-refractivity contribution >= 4 is 74.0 Å². The lowest BCUT2D eigenvalue weighted by molar-refractivity contribution is -0.134. The summed E-state index contributed by atoms with van der Waals surface area (Å²) in [5, 5.41) is 15.4. The van der Waals surface area contributed by atoms with Gasteiger partial charge in [-0.3, -0.25) is 29.3 Å². The summed E-state index contributed by atoms with van der Waals surface area (Å²) >= 11 is 6.63. The van der Waals surface area contributed by atoms with Gasteiger partial charge in [0.2, 0.25) is 23.5 Å². The molecule has 7 heterocycles. The first-order valence-corrected chi connectivity index (χ1v) is 23.2. The lowest BCUT2D eigenvalue weighted by atomic mass is 9.87. The number of carbonyl (C=O) groups is 2. The monoisotopic (exact) mass is 911 g/mol. The molecule has 6 aliphatic rings. The van der Waals surface area contributed by atoms with E-state index < -0.39 is 30.0 Å². The third kappa shape index (κ3) is 7.90. The molecule has 2 unspecified atom stereocenters. The van der Waals surface area contributed by atoms with Gasteiger partial charge in [-0.05, 0) is 87.3 Å². The Morgan fingerprint density at radius 3 is 2.43 bits per heavy atom. The van der Waals surface area contributed by atoms with Gasteiger partial charge in [0, 0.05) is 88.0 Å².